The summed E-state index contributed by atoms with van der Waals surface area (Å²) in [6.07, 6.45) is 0. The molecule has 0 aliphatic carbocycles. The summed E-state index contributed by atoms with van der Waals surface area (Å²) in [5.41, 5.74) is 0. The van der Waals surface area contributed by atoms with Crippen LogP contribution in [0.4, 0.5) is 0 Å². The van der Waals surface area contributed by atoms with Gasteiger partial charge in [-0.3, -0.25) is 4.68 Å². The molecule has 0 aliphatic rings. The number of hydrogen-bond donors (Lipinski definition) is 0. The van der Waals surface area contributed by atoms with E-state index in [0.29, 0.717) is 13.2 Å². The Balaban J connectivity index is 1.87. The predicted octanol–water partition coefficient (Wildman–Crippen LogP) is 3.49. The topological polar surface area (TPSA) is 27.1 Å². The van der Waals surface area contributed by atoms with Gasteiger partial charge in [0.2, 0.25) is 0 Å². The second-order valence-electron chi connectivity index (χ2n) is 3.17. The Bertz CT molecular complexity index is 456. The standard InChI is InChI=1S/C11H10Br2N2O/c12-10-8-11(13)15(14-10)6-7-16-9-4-2-1-3-5-9/h1-5,8H,6-7H2. The number of ether oxygens (including phenoxy) is 1. The van der Waals surface area contributed by atoms with Gasteiger partial charge >= 0.3 is 0 Å². The Morgan fingerprint density at radius 2 is 1.94 bits per heavy atom. The number of aromatic nitrogens is 2. The van der Waals surface area contributed by atoms with E-state index < -0.39 is 0 Å². The summed E-state index contributed by atoms with van der Waals surface area (Å²) in [5.74, 6) is 0.879. The number of rotatable bonds is 4. The third kappa shape index (κ3) is 3.09. The molecule has 0 unspecified atom stereocenters. The summed E-state index contributed by atoms with van der Waals surface area (Å²) in [4.78, 5) is 0. The van der Waals surface area contributed by atoms with Crippen molar-refractivity contribution in [1.82, 2.24) is 9.78 Å². The quantitative estimate of drug-likeness (QED) is 0.848. The Morgan fingerprint density at radius 1 is 1.19 bits per heavy atom. The van der Waals surface area contributed by atoms with E-state index in [-0.39, 0.29) is 0 Å². The number of halogens is 2. The van der Waals surface area contributed by atoms with E-state index in [1.807, 2.05) is 41.1 Å². The molecule has 0 spiro atoms. The van der Waals surface area contributed by atoms with E-state index in [1.165, 1.54) is 0 Å². The SMILES string of the molecule is Brc1cc(Br)n(CCOc2ccccc2)n1. The van der Waals surface area contributed by atoms with Crippen LogP contribution in [0.1, 0.15) is 0 Å². The van der Waals surface area contributed by atoms with E-state index in [4.69, 9.17) is 4.74 Å². The van der Waals surface area contributed by atoms with Crippen molar-refractivity contribution in [2.45, 2.75) is 6.54 Å². The van der Waals surface area contributed by atoms with Gasteiger partial charge in [-0.05, 0) is 44.0 Å². The van der Waals surface area contributed by atoms with Crippen LogP contribution in [-0.2, 0) is 6.54 Å². The Labute approximate surface area is 111 Å². The molecule has 3 nitrogen and oxygen atoms in total. The van der Waals surface area contributed by atoms with Gasteiger partial charge in [0.05, 0.1) is 6.54 Å². The lowest BCUT2D eigenvalue weighted by molar-refractivity contribution is 0.289. The van der Waals surface area contributed by atoms with Crippen LogP contribution in [-0.4, -0.2) is 16.4 Å². The summed E-state index contributed by atoms with van der Waals surface area (Å²) in [5, 5.41) is 4.25. The molecule has 0 saturated carbocycles. The highest BCUT2D eigenvalue weighted by Crippen LogP contribution is 2.16. The fourth-order valence-electron chi connectivity index (χ4n) is 1.29. The van der Waals surface area contributed by atoms with E-state index in [0.717, 1.165) is 15.0 Å². The molecule has 1 heterocycles. The summed E-state index contributed by atoms with van der Waals surface area (Å²) in [6, 6.07) is 11.7. The van der Waals surface area contributed by atoms with Gasteiger partial charge in [-0.25, -0.2) is 0 Å². The Kier molecular flexibility index (Phi) is 4.01. The molecule has 0 N–H and O–H groups in total. The molecule has 2 rings (SSSR count). The second kappa shape index (κ2) is 5.50. The molecule has 1 aromatic carbocycles. The highest BCUT2D eigenvalue weighted by Gasteiger charge is 2.02. The van der Waals surface area contributed by atoms with Crippen LogP contribution in [0, 0.1) is 0 Å². The molecule has 84 valence electrons. The van der Waals surface area contributed by atoms with Gasteiger partial charge in [0.15, 0.2) is 0 Å². The zero-order valence-corrected chi connectivity index (χ0v) is 11.6. The van der Waals surface area contributed by atoms with E-state index in [1.54, 1.807) is 0 Å². The number of hydrogen-bond acceptors (Lipinski definition) is 2. The predicted molar refractivity (Wildman–Crippen MR) is 69.6 cm³/mol. The second-order valence-corrected chi connectivity index (χ2v) is 4.80. The Hall–Kier alpha value is -0.810. The normalized spacial score (nSPS) is 10.4. The van der Waals surface area contributed by atoms with Gasteiger partial charge in [0.1, 0.15) is 21.6 Å². The van der Waals surface area contributed by atoms with Crippen LogP contribution in [0.3, 0.4) is 0 Å². The van der Waals surface area contributed by atoms with Crippen molar-refractivity contribution in [2.75, 3.05) is 6.61 Å². The molecule has 2 aromatic rings. The molecule has 0 saturated heterocycles. The maximum absolute atomic E-state index is 5.58. The highest BCUT2D eigenvalue weighted by molar-refractivity contribution is 9.11. The summed E-state index contributed by atoms with van der Waals surface area (Å²) >= 11 is 6.74. The maximum atomic E-state index is 5.58. The molecule has 0 aliphatic heterocycles. The third-order valence-corrected chi connectivity index (χ3v) is 3.04. The summed E-state index contributed by atoms with van der Waals surface area (Å²) in [6.45, 7) is 1.30. The molecule has 16 heavy (non-hydrogen) atoms. The molecule has 0 radical (unpaired) electrons. The minimum atomic E-state index is 0.594. The highest BCUT2D eigenvalue weighted by atomic mass is 79.9. The van der Waals surface area contributed by atoms with Crippen molar-refractivity contribution in [2.24, 2.45) is 0 Å². The van der Waals surface area contributed by atoms with Gasteiger partial charge in [0, 0.05) is 6.07 Å². The van der Waals surface area contributed by atoms with Crippen molar-refractivity contribution in [3.8, 4) is 5.75 Å². The molecule has 0 atom stereocenters. The first-order valence-corrected chi connectivity index (χ1v) is 6.41. The lowest BCUT2D eigenvalue weighted by Crippen LogP contribution is -2.09. The average molecular weight is 346 g/mol. The smallest absolute Gasteiger partial charge is 0.129 e. The van der Waals surface area contributed by atoms with Crippen molar-refractivity contribution in [3.63, 3.8) is 0 Å². The average Bonchev–Trinajstić information content (AvgIpc) is 2.59. The van der Waals surface area contributed by atoms with Crippen molar-refractivity contribution in [3.05, 3.63) is 45.6 Å². The van der Waals surface area contributed by atoms with Gasteiger partial charge in [0.25, 0.3) is 0 Å². The van der Waals surface area contributed by atoms with Gasteiger partial charge < -0.3 is 4.74 Å². The molecule has 5 heteroatoms. The van der Waals surface area contributed by atoms with E-state index >= 15 is 0 Å². The fourth-order valence-corrected chi connectivity index (χ4v) is 2.48. The van der Waals surface area contributed by atoms with Crippen LogP contribution in [0.2, 0.25) is 0 Å². The first-order valence-electron chi connectivity index (χ1n) is 4.82. The molecular weight excluding hydrogens is 336 g/mol. The lowest BCUT2D eigenvalue weighted by atomic mass is 10.3. The van der Waals surface area contributed by atoms with Crippen LogP contribution in [0.5, 0.6) is 5.75 Å². The maximum Gasteiger partial charge on any atom is 0.129 e. The number of benzene rings is 1. The molecule has 0 bridgehead atoms. The van der Waals surface area contributed by atoms with Crippen LogP contribution in [0.15, 0.2) is 45.6 Å². The zero-order valence-electron chi connectivity index (χ0n) is 8.44. The van der Waals surface area contributed by atoms with Gasteiger partial charge in [-0.15, -0.1) is 0 Å². The first kappa shape index (κ1) is 11.7. The van der Waals surface area contributed by atoms with E-state index in [2.05, 4.69) is 37.0 Å². The Morgan fingerprint density at radius 3 is 2.56 bits per heavy atom. The van der Waals surface area contributed by atoms with E-state index in [9.17, 15) is 0 Å². The largest absolute Gasteiger partial charge is 0.492 e. The number of nitrogens with zero attached hydrogens (tertiary/aromatic N) is 2. The van der Waals surface area contributed by atoms with Crippen LogP contribution < -0.4 is 4.74 Å². The fraction of sp³-hybridized carbons (Fsp3) is 0.182. The monoisotopic (exact) mass is 344 g/mol. The number of para-hydroxylation sites is 1. The van der Waals surface area contributed by atoms with Crippen molar-refractivity contribution in [1.29, 1.82) is 0 Å². The molecule has 1 aromatic heterocycles. The van der Waals surface area contributed by atoms with Crippen LogP contribution >= 0.6 is 31.9 Å². The summed E-state index contributed by atoms with van der Waals surface area (Å²) < 4.78 is 9.18. The van der Waals surface area contributed by atoms with Gasteiger partial charge in [-0.2, -0.15) is 5.10 Å². The zero-order chi connectivity index (χ0) is 11.4. The third-order valence-electron chi connectivity index (χ3n) is 2.02. The van der Waals surface area contributed by atoms with Crippen LogP contribution in [0.25, 0.3) is 0 Å². The first-order chi connectivity index (χ1) is 7.75. The minimum Gasteiger partial charge on any atom is -0.492 e. The van der Waals surface area contributed by atoms with Gasteiger partial charge in [-0.1, -0.05) is 18.2 Å². The molecule has 0 amide bonds. The lowest BCUT2D eigenvalue weighted by Gasteiger charge is -2.06. The molecule has 0 fully saturated rings. The minimum absolute atomic E-state index is 0.594. The summed E-state index contributed by atoms with van der Waals surface area (Å²) in [7, 11) is 0. The van der Waals surface area contributed by atoms with Crippen molar-refractivity contribution < 1.29 is 4.74 Å². The van der Waals surface area contributed by atoms with Crippen molar-refractivity contribution >= 4 is 31.9 Å². The molecular formula is C11H10Br2N2O.